The van der Waals surface area contributed by atoms with Crippen molar-refractivity contribution >= 4 is 28.6 Å². The van der Waals surface area contributed by atoms with E-state index in [0.29, 0.717) is 13.1 Å². The van der Waals surface area contributed by atoms with Crippen LogP contribution in [0.5, 0.6) is 0 Å². The lowest BCUT2D eigenvalue weighted by atomic mass is 10.0. The summed E-state index contributed by atoms with van der Waals surface area (Å²) in [6.07, 6.45) is 0. The molecule has 1 saturated heterocycles. The summed E-state index contributed by atoms with van der Waals surface area (Å²) < 4.78 is 0. The second-order valence-corrected chi connectivity index (χ2v) is 6.02. The van der Waals surface area contributed by atoms with Gasteiger partial charge in [-0.25, -0.2) is 4.98 Å². The summed E-state index contributed by atoms with van der Waals surface area (Å²) in [5.41, 5.74) is 2.20. The molecule has 1 N–H and O–H groups in total. The predicted octanol–water partition coefficient (Wildman–Crippen LogP) is 2.39. The van der Waals surface area contributed by atoms with Crippen LogP contribution in [0.4, 0.5) is 0 Å². The van der Waals surface area contributed by atoms with E-state index in [1.54, 1.807) is 22.7 Å². The normalized spacial score (nSPS) is 16.7. The molecule has 0 saturated carbocycles. The molecule has 0 radical (unpaired) electrons. The van der Waals surface area contributed by atoms with Crippen LogP contribution in [0, 0.1) is 5.92 Å². The second-order valence-electron chi connectivity index (χ2n) is 4.39. The number of carboxylic acids is 1. The Morgan fingerprint density at radius 2 is 2.33 bits per heavy atom. The number of aromatic nitrogens is 1. The molecule has 2 aromatic heterocycles. The van der Waals surface area contributed by atoms with Gasteiger partial charge < -0.3 is 5.11 Å². The summed E-state index contributed by atoms with van der Waals surface area (Å²) in [4.78, 5) is 17.4. The van der Waals surface area contributed by atoms with Crippen LogP contribution in [-0.2, 0) is 11.3 Å². The molecule has 0 bridgehead atoms. The largest absolute Gasteiger partial charge is 0.481 e. The molecule has 0 spiro atoms. The molecule has 0 amide bonds. The maximum Gasteiger partial charge on any atom is 0.309 e. The van der Waals surface area contributed by atoms with Gasteiger partial charge in [0.2, 0.25) is 0 Å². The molecule has 18 heavy (non-hydrogen) atoms. The van der Waals surface area contributed by atoms with Crippen LogP contribution < -0.4 is 0 Å². The molecule has 2 aromatic rings. The number of likely N-dealkylation sites (tertiary alicyclic amines) is 1. The average molecular weight is 280 g/mol. The van der Waals surface area contributed by atoms with Crippen LogP contribution >= 0.6 is 22.7 Å². The maximum absolute atomic E-state index is 10.7. The molecule has 1 aliphatic rings. The van der Waals surface area contributed by atoms with Crippen LogP contribution in [0.25, 0.3) is 10.6 Å². The van der Waals surface area contributed by atoms with Gasteiger partial charge in [-0.1, -0.05) is 0 Å². The molecular weight excluding hydrogens is 268 g/mol. The fraction of sp³-hybridized carbons (Fsp3) is 0.333. The monoisotopic (exact) mass is 280 g/mol. The molecule has 1 aliphatic heterocycles. The van der Waals surface area contributed by atoms with Crippen LogP contribution in [0.2, 0.25) is 0 Å². The van der Waals surface area contributed by atoms with Gasteiger partial charge in [-0.05, 0) is 11.4 Å². The number of rotatable bonds is 4. The number of hydrogen-bond acceptors (Lipinski definition) is 5. The van der Waals surface area contributed by atoms with E-state index in [1.807, 2.05) is 5.38 Å². The van der Waals surface area contributed by atoms with Gasteiger partial charge in [0.05, 0.1) is 11.6 Å². The summed E-state index contributed by atoms with van der Waals surface area (Å²) in [6.45, 7) is 2.03. The molecule has 94 valence electrons. The average Bonchev–Trinajstić information content (AvgIpc) is 2.92. The highest BCUT2D eigenvalue weighted by molar-refractivity contribution is 7.14. The fourth-order valence-electron chi connectivity index (χ4n) is 1.98. The Kier molecular flexibility index (Phi) is 3.15. The summed E-state index contributed by atoms with van der Waals surface area (Å²) in [5, 5.41) is 16.0. The first-order chi connectivity index (χ1) is 8.72. The second kappa shape index (κ2) is 4.79. The van der Waals surface area contributed by atoms with Crippen molar-refractivity contribution in [1.82, 2.24) is 9.88 Å². The minimum Gasteiger partial charge on any atom is -0.481 e. The number of hydrogen-bond donors (Lipinski definition) is 1. The number of aliphatic carboxylic acids is 1. The summed E-state index contributed by atoms with van der Waals surface area (Å²) in [6, 6.07) is 2.07. The fourth-order valence-corrected chi connectivity index (χ4v) is 3.51. The van der Waals surface area contributed by atoms with Crippen LogP contribution in [0.1, 0.15) is 5.69 Å². The topological polar surface area (TPSA) is 53.4 Å². The Bertz CT molecular complexity index is 544. The van der Waals surface area contributed by atoms with Crippen molar-refractivity contribution in [2.24, 2.45) is 5.92 Å². The molecule has 0 aliphatic carbocycles. The lowest BCUT2D eigenvalue weighted by Crippen LogP contribution is -2.49. The zero-order valence-electron chi connectivity index (χ0n) is 9.57. The Labute approximate surface area is 113 Å². The first-order valence-corrected chi connectivity index (χ1v) is 7.47. The highest BCUT2D eigenvalue weighted by atomic mass is 32.1. The van der Waals surface area contributed by atoms with Crippen molar-refractivity contribution in [2.45, 2.75) is 6.54 Å². The maximum atomic E-state index is 10.7. The van der Waals surface area contributed by atoms with E-state index in [-0.39, 0.29) is 5.92 Å². The van der Waals surface area contributed by atoms with Crippen LogP contribution in [0.15, 0.2) is 22.2 Å². The Balaban J connectivity index is 1.60. The molecule has 0 atom stereocenters. The first kappa shape index (κ1) is 11.8. The summed E-state index contributed by atoms with van der Waals surface area (Å²) >= 11 is 3.31. The molecule has 3 heterocycles. The van der Waals surface area contributed by atoms with Crippen molar-refractivity contribution in [3.05, 3.63) is 27.9 Å². The smallest absolute Gasteiger partial charge is 0.309 e. The standard InChI is InChI=1S/C12H12N2O2S2/c15-12(16)9-3-14(4-9)5-10-7-18-11(13-10)8-1-2-17-6-8/h1-2,6-7,9H,3-5H2,(H,15,16). The number of carbonyl (C=O) groups is 1. The van der Waals surface area contributed by atoms with Crippen molar-refractivity contribution in [2.75, 3.05) is 13.1 Å². The summed E-state index contributed by atoms with van der Waals surface area (Å²) in [7, 11) is 0. The van der Waals surface area contributed by atoms with Gasteiger partial charge in [0, 0.05) is 36.0 Å². The van der Waals surface area contributed by atoms with E-state index in [0.717, 1.165) is 17.2 Å². The minimum absolute atomic E-state index is 0.194. The Morgan fingerprint density at radius 3 is 3.00 bits per heavy atom. The van der Waals surface area contributed by atoms with Gasteiger partial charge in [-0.2, -0.15) is 11.3 Å². The van der Waals surface area contributed by atoms with E-state index in [2.05, 4.69) is 26.7 Å². The number of nitrogens with zero attached hydrogens (tertiary/aromatic N) is 2. The third-order valence-corrected chi connectivity index (χ3v) is 4.64. The minimum atomic E-state index is -0.691. The molecule has 1 fully saturated rings. The van der Waals surface area contributed by atoms with Gasteiger partial charge in [0.25, 0.3) is 0 Å². The lowest BCUT2D eigenvalue weighted by Gasteiger charge is -2.35. The van der Waals surface area contributed by atoms with Gasteiger partial charge in [-0.15, -0.1) is 11.3 Å². The predicted molar refractivity (Wildman–Crippen MR) is 71.8 cm³/mol. The van der Waals surface area contributed by atoms with E-state index in [4.69, 9.17) is 5.11 Å². The van der Waals surface area contributed by atoms with E-state index in [9.17, 15) is 4.79 Å². The first-order valence-electron chi connectivity index (χ1n) is 5.64. The Hall–Kier alpha value is -1.24. The SMILES string of the molecule is O=C(O)C1CN(Cc2csc(-c3ccsc3)n2)C1. The number of thiazole rings is 1. The number of carboxylic acid groups (broad SMARTS) is 1. The van der Waals surface area contributed by atoms with Gasteiger partial charge in [-0.3, -0.25) is 9.69 Å². The molecule has 3 rings (SSSR count). The molecule has 6 heteroatoms. The van der Waals surface area contributed by atoms with Crippen molar-refractivity contribution in [1.29, 1.82) is 0 Å². The highest BCUT2D eigenvalue weighted by Gasteiger charge is 2.32. The zero-order chi connectivity index (χ0) is 12.5. The molecule has 4 nitrogen and oxygen atoms in total. The summed E-state index contributed by atoms with van der Waals surface area (Å²) in [5.74, 6) is -0.886. The van der Waals surface area contributed by atoms with Gasteiger partial charge in [0.15, 0.2) is 0 Å². The Morgan fingerprint density at radius 1 is 1.50 bits per heavy atom. The zero-order valence-corrected chi connectivity index (χ0v) is 11.2. The molecular formula is C12H12N2O2S2. The van der Waals surface area contributed by atoms with Crippen molar-refractivity contribution in [3.8, 4) is 10.6 Å². The highest BCUT2D eigenvalue weighted by Crippen LogP contribution is 2.27. The van der Waals surface area contributed by atoms with E-state index in [1.165, 1.54) is 5.56 Å². The van der Waals surface area contributed by atoms with Crippen molar-refractivity contribution in [3.63, 3.8) is 0 Å². The van der Waals surface area contributed by atoms with Gasteiger partial charge in [0.1, 0.15) is 5.01 Å². The van der Waals surface area contributed by atoms with E-state index >= 15 is 0 Å². The van der Waals surface area contributed by atoms with Crippen LogP contribution in [-0.4, -0.2) is 34.0 Å². The lowest BCUT2D eigenvalue weighted by molar-refractivity contribution is -0.147. The third-order valence-electron chi connectivity index (χ3n) is 3.01. The third kappa shape index (κ3) is 2.31. The van der Waals surface area contributed by atoms with Gasteiger partial charge >= 0.3 is 5.97 Å². The number of thiophene rings is 1. The molecule has 0 aromatic carbocycles. The van der Waals surface area contributed by atoms with Crippen molar-refractivity contribution < 1.29 is 9.90 Å². The quantitative estimate of drug-likeness (QED) is 0.934. The van der Waals surface area contributed by atoms with Crippen LogP contribution in [0.3, 0.4) is 0 Å². The molecule has 0 unspecified atom stereocenters. The van der Waals surface area contributed by atoms with E-state index < -0.39 is 5.97 Å².